The summed E-state index contributed by atoms with van der Waals surface area (Å²) in [7, 11) is 0. The summed E-state index contributed by atoms with van der Waals surface area (Å²) in [6.07, 6.45) is 9.31. The van der Waals surface area contributed by atoms with E-state index in [-0.39, 0.29) is 5.91 Å². The summed E-state index contributed by atoms with van der Waals surface area (Å²) in [5, 5.41) is 6.95. The maximum Gasteiger partial charge on any atom is 0.251 e. The van der Waals surface area contributed by atoms with Crippen LogP contribution in [0.2, 0.25) is 0 Å². The van der Waals surface area contributed by atoms with E-state index in [1.165, 1.54) is 30.4 Å². The fourth-order valence-electron chi connectivity index (χ4n) is 4.72. The molecule has 0 saturated heterocycles. The van der Waals surface area contributed by atoms with Crippen molar-refractivity contribution in [3.63, 3.8) is 0 Å². The van der Waals surface area contributed by atoms with Crippen LogP contribution < -0.4 is 10.6 Å². The first-order valence-corrected chi connectivity index (χ1v) is 10.6. The van der Waals surface area contributed by atoms with Crippen molar-refractivity contribution in [1.29, 1.82) is 0 Å². The molecule has 0 bridgehead atoms. The van der Waals surface area contributed by atoms with Gasteiger partial charge in [0.05, 0.1) is 0 Å². The molecule has 28 heavy (non-hydrogen) atoms. The molecule has 3 heteroatoms. The molecule has 3 atom stereocenters. The van der Waals surface area contributed by atoms with Gasteiger partial charge in [-0.25, -0.2) is 0 Å². The van der Waals surface area contributed by atoms with Crippen molar-refractivity contribution in [3.8, 4) is 0 Å². The van der Waals surface area contributed by atoms with Crippen LogP contribution in [0, 0.1) is 5.92 Å². The largest absolute Gasteiger partial charge is 0.349 e. The molecule has 1 amide bonds. The Morgan fingerprint density at radius 1 is 1.00 bits per heavy atom. The number of nitrogens with one attached hydrogen (secondary N) is 2. The van der Waals surface area contributed by atoms with E-state index >= 15 is 0 Å². The van der Waals surface area contributed by atoms with Crippen molar-refractivity contribution in [2.75, 3.05) is 6.54 Å². The maximum atomic E-state index is 12.5. The smallest absolute Gasteiger partial charge is 0.251 e. The fourth-order valence-corrected chi connectivity index (χ4v) is 4.72. The first-order valence-electron chi connectivity index (χ1n) is 10.6. The van der Waals surface area contributed by atoms with Crippen LogP contribution in [0.1, 0.15) is 54.4 Å². The highest BCUT2D eigenvalue weighted by molar-refractivity contribution is 5.94. The van der Waals surface area contributed by atoms with Gasteiger partial charge in [0.2, 0.25) is 0 Å². The number of hydrogen-bond donors (Lipinski definition) is 2. The van der Waals surface area contributed by atoms with Gasteiger partial charge in [-0.2, -0.15) is 0 Å². The van der Waals surface area contributed by atoms with E-state index in [2.05, 4.69) is 47.0 Å². The minimum absolute atomic E-state index is 0.0661. The standard InChI is InChI=1S/C25H30N2O/c28-25(21-11-5-2-6-12-21)27-23-13-7-8-19(16-23)17-24-18-22(14-15-26-24)20-9-3-1-4-10-20/h1-6,9-12,14,19,23-24,26H,7-8,13,15-18H2,(H,27,28)/t19-,23+,24?/m1/s1. The van der Waals surface area contributed by atoms with Gasteiger partial charge in [-0.1, -0.05) is 67.4 Å². The predicted octanol–water partition coefficient (Wildman–Crippen LogP) is 4.81. The molecular weight excluding hydrogens is 344 g/mol. The number of carbonyl (C=O) groups excluding carboxylic acids is 1. The van der Waals surface area contributed by atoms with Gasteiger partial charge < -0.3 is 10.6 Å². The summed E-state index contributed by atoms with van der Waals surface area (Å²) in [4.78, 5) is 12.5. The summed E-state index contributed by atoms with van der Waals surface area (Å²) in [6.45, 7) is 0.954. The Hall–Kier alpha value is -2.39. The van der Waals surface area contributed by atoms with E-state index in [9.17, 15) is 4.79 Å². The van der Waals surface area contributed by atoms with Crippen molar-refractivity contribution < 1.29 is 4.79 Å². The van der Waals surface area contributed by atoms with Gasteiger partial charge in [-0.15, -0.1) is 0 Å². The van der Waals surface area contributed by atoms with Crippen LogP contribution in [0.25, 0.3) is 5.57 Å². The van der Waals surface area contributed by atoms with Gasteiger partial charge in [0.1, 0.15) is 0 Å². The third-order valence-electron chi connectivity index (χ3n) is 6.14. The summed E-state index contributed by atoms with van der Waals surface area (Å²) in [5.74, 6) is 0.749. The summed E-state index contributed by atoms with van der Waals surface area (Å²) in [6, 6.07) is 21.1. The maximum absolute atomic E-state index is 12.5. The number of hydrogen-bond acceptors (Lipinski definition) is 2. The van der Waals surface area contributed by atoms with Crippen LogP contribution in [-0.2, 0) is 0 Å². The molecule has 1 unspecified atom stereocenters. The highest BCUT2D eigenvalue weighted by Gasteiger charge is 2.27. The lowest BCUT2D eigenvalue weighted by Gasteiger charge is -2.34. The molecular formula is C25H30N2O. The van der Waals surface area contributed by atoms with Gasteiger partial charge in [-0.05, 0) is 54.9 Å². The lowest BCUT2D eigenvalue weighted by molar-refractivity contribution is 0.0917. The molecule has 0 spiro atoms. The summed E-state index contributed by atoms with van der Waals surface area (Å²) >= 11 is 0. The van der Waals surface area contributed by atoms with Crippen molar-refractivity contribution in [2.45, 2.75) is 50.6 Å². The fraction of sp³-hybridized carbons (Fsp3) is 0.400. The number of rotatable bonds is 5. The lowest BCUT2D eigenvalue weighted by Crippen LogP contribution is -2.41. The molecule has 0 aromatic heterocycles. The number of amides is 1. The summed E-state index contributed by atoms with van der Waals surface area (Å²) in [5.41, 5.74) is 3.58. The Bertz CT molecular complexity index is 800. The second-order valence-electron chi connectivity index (χ2n) is 8.21. The molecule has 0 radical (unpaired) electrons. The first-order chi connectivity index (χ1) is 13.8. The van der Waals surface area contributed by atoms with E-state index in [0.717, 1.165) is 31.4 Å². The quantitative estimate of drug-likeness (QED) is 0.788. The monoisotopic (exact) mass is 374 g/mol. The van der Waals surface area contributed by atoms with E-state index in [1.54, 1.807) is 0 Å². The minimum Gasteiger partial charge on any atom is -0.349 e. The van der Waals surface area contributed by atoms with Crippen molar-refractivity contribution in [2.24, 2.45) is 5.92 Å². The van der Waals surface area contributed by atoms with Crippen LogP contribution in [-0.4, -0.2) is 24.5 Å². The Morgan fingerprint density at radius 2 is 1.75 bits per heavy atom. The highest BCUT2D eigenvalue weighted by atomic mass is 16.1. The minimum atomic E-state index is 0.0661. The average Bonchev–Trinajstić information content (AvgIpc) is 2.75. The molecule has 1 heterocycles. The molecule has 2 aliphatic rings. The molecule has 4 rings (SSSR count). The Morgan fingerprint density at radius 3 is 2.54 bits per heavy atom. The van der Waals surface area contributed by atoms with Gasteiger partial charge in [-0.3, -0.25) is 4.79 Å². The van der Waals surface area contributed by atoms with Crippen molar-refractivity contribution in [1.82, 2.24) is 10.6 Å². The van der Waals surface area contributed by atoms with Crippen LogP contribution in [0.3, 0.4) is 0 Å². The predicted molar refractivity (Wildman–Crippen MR) is 115 cm³/mol. The van der Waals surface area contributed by atoms with Crippen LogP contribution in [0.15, 0.2) is 66.7 Å². The topological polar surface area (TPSA) is 41.1 Å². The second kappa shape index (κ2) is 9.20. The Labute approximate surface area is 168 Å². The highest BCUT2D eigenvalue weighted by Crippen LogP contribution is 2.31. The zero-order valence-corrected chi connectivity index (χ0v) is 16.4. The van der Waals surface area contributed by atoms with Crippen LogP contribution >= 0.6 is 0 Å². The zero-order valence-electron chi connectivity index (χ0n) is 16.4. The first kappa shape index (κ1) is 18.9. The molecule has 2 aromatic carbocycles. The van der Waals surface area contributed by atoms with Gasteiger partial charge in [0, 0.05) is 24.2 Å². The molecule has 3 nitrogen and oxygen atoms in total. The molecule has 1 saturated carbocycles. The van der Waals surface area contributed by atoms with Crippen molar-refractivity contribution in [3.05, 3.63) is 77.9 Å². The zero-order chi connectivity index (χ0) is 19.2. The Balaban J connectivity index is 1.30. The second-order valence-corrected chi connectivity index (χ2v) is 8.21. The molecule has 1 aliphatic heterocycles. The summed E-state index contributed by atoms with van der Waals surface area (Å²) < 4.78 is 0. The number of carbonyl (C=O) groups is 1. The van der Waals surface area contributed by atoms with Gasteiger partial charge >= 0.3 is 0 Å². The van der Waals surface area contributed by atoms with Gasteiger partial charge in [0.25, 0.3) is 5.91 Å². The van der Waals surface area contributed by atoms with Crippen LogP contribution in [0.5, 0.6) is 0 Å². The van der Waals surface area contributed by atoms with Gasteiger partial charge in [0.15, 0.2) is 0 Å². The Kier molecular flexibility index (Phi) is 6.23. The van der Waals surface area contributed by atoms with E-state index in [0.29, 0.717) is 18.0 Å². The third-order valence-corrected chi connectivity index (χ3v) is 6.14. The van der Waals surface area contributed by atoms with Crippen molar-refractivity contribution >= 4 is 11.5 Å². The molecule has 1 fully saturated rings. The normalized spacial score (nSPS) is 25.0. The van der Waals surface area contributed by atoms with E-state index in [1.807, 2.05) is 30.3 Å². The average molecular weight is 375 g/mol. The molecule has 2 N–H and O–H groups in total. The number of benzene rings is 2. The molecule has 2 aromatic rings. The molecule has 1 aliphatic carbocycles. The van der Waals surface area contributed by atoms with E-state index < -0.39 is 0 Å². The lowest BCUT2D eigenvalue weighted by atomic mass is 9.80. The van der Waals surface area contributed by atoms with E-state index in [4.69, 9.17) is 0 Å². The molecule has 146 valence electrons. The van der Waals surface area contributed by atoms with Crippen LogP contribution in [0.4, 0.5) is 0 Å². The SMILES string of the molecule is O=C(N[C@H]1CCC[C@@H](CC2CC(c3ccccc3)=CCN2)C1)c1ccccc1. The third kappa shape index (κ3) is 4.90.